The Kier molecular flexibility index (Phi) is 6.23. The number of benzene rings is 2. The molecule has 2 heterocycles. The Bertz CT molecular complexity index is 1240. The van der Waals surface area contributed by atoms with E-state index in [-0.39, 0.29) is 6.04 Å². The lowest BCUT2D eigenvalue weighted by Crippen LogP contribution is -2.42. The quantitative estimate of drug-likeness (QED) is 0.541. The van der Waals surface area contributed by atoms with Gasteiger partial charge in [0.25, 0.3) is 0 Å². The maximum atomic E-state index is 12.9. The van der Waals surface area contributed by atoms with Gasteiger partial charge in [-0.15, -0.1) is 0 Å². The molecular formula is C25H30N4O3S. The van der Waals surface area contributed by atoms with Crippen LogP contribution in [0.15, 0.2) is 54.6 Å². The number of aryl methyl sites for hydroxylation is 1. The molecular weight excluding hydrogens is 436 g/mol. The summed E-state index contributed by atoms with van der Waals surface area (Å²) in [6.07, 6.45) is 3.77. The summed E-state index contributed by atoms with van der Waals surface area (Å²) in [4.78, 5) is 4.75. The molecule has 8 heteroatoms. The van der Waals surface area contributed by atoms with Crippen LogP contribution in [0.1, 0.15) is 36.4 Å². The van der Waals surface area contributed by atoms with Crippen LogP contribution < -0.4 is 10.0 Å². The average Bonchev–Trinajstić information content (AvgIpc) is 3.22. The average molecular weight is 467 g/mol. The van der Waals surface area contributed by atoms with Gasteiger partial charge in [0.15, 0.2) is 0 Å². The van der Waals surface area contributed by atoms with Gasteiger partial charge in [-0.3, -0.25) is 4.72 Å². The number of ether oxygens (including phenoxy) is 1. The zero-order chi connectivity index (χ0) is 22.8. The summed E-state index contributed by atoms with van der Waals surface area (Å²) in [6.45, 7) is 1.71. The van der Waals surface area contributed by atoms with Crippen molar-refractivity contribution in [3.05, 3.63) is 65.7 Å². The molecule has 174 valence electrons. The van der Waals surface area contributed by atoms with E-state index in [1.165, 1.54) is 15.4 Å². The smallest absolute Gasteiger partial charge is 0.301 e. The largest absolute Gasteiger partial charge is 0.384 e. The van der Waals surface area contributed by atoms with Crippen molar-refractivity contribution in [2.24, 2.45) is 5.92 Å². The highest BCUT2D eigenvalue weighted by Gasteiger charge is 2.28. The number of fused-ring (bicyclic) bond motifs is 2. The van der Waals surface area contributed by atoms with Gasteiger partial charge < -0.3 is 10.1 Å². The molecule has 0 radical (unpaired) electrons. The highest BCUT2D eigenvalue weighted by molar-refractivity contribution is 7.90. The van der Waals surface area contributed by atoms with E-state index >= 15 is 0 Å². The van der Waals surface area contributed by atoms with Gasteiger partial charge in [0.2, 0.25) is 0 Å². The first-order valence-electron chi connectivity index (χ1n) is 11.5. The zero-order valence-corrected chi connectivity index (χ0v) is 19.6. The molecule has 0 bridgehead atoms. The van der Waals surface area contributed by atoms with Crippen molar-refractivity contribution in [1.82, 2.24) is 9.29 Å². The number of hydrogen-bond donors (Lipinski definition) is 2. The van der Waals surface area contributed by atoms with Crippen LogP contribution in [0.3, 0.4) is 0 Å². The highest BCUT2D eigenvalue weighted by atomic mass is 32.2. The van der Waals surface area contributed by atoms with Crippen molar-refractivity contribution >= 4 is 32.6 Å². The van der Waals surface area contributed by atoms with Crippen LogP contribution in [0.25, 0.3) is 10.9 Å². The second-order valence-electron chi connectivity index (χ2n) is 8.94. The lowest BCUT2D eigenvalue weighted by atomic mass is 9.99. The molecule has 3 aromatic rings. The molecule has 2 aliphatic rings. The van der Waals surface area contributed by atoms with Crippen LogP contribution in [-0.2, 0) is 21.4 Å². The van der Waals surface area contributed by atoms with Crippen LogP contribution >= 0.6 is 0 Å². The lowest BCUT2D eigenvalue weighted by molar-refractivity contribution is 0.121. The van der Waals surface area contributed by atoms with Gasteiger partial charge in [0.05, 0.1) is 17.2 Å². The fourth-order valence-corrected chi connectivity index (χ4v) is 6.17. The third-order valence-electron chi connectivity index (χ3n) is 6.71. The molecule has 1 aromatic heterocycles. The number of anilines is 2. The summed E-state index contributed by atoms with van der Waals surface area (Å²) >= 11 is 0. The van der Waals surface area contributed by atoms with Gasteiger partial charge in [0, 0.05) is 32.2 Å². The van der Waals surface area contributed by atoms with Crippen LogP contribution in [0.2, 0.25) is 0 Å². The van der Waals surface area contributed by atoms with Crippen molar-refractivity contribution < 1.29 is 13.2 Å². The van der Waals surface area contributed by atoms with E-state index in [0.717, 1.165) is 42.4 Å². The number of nitrogens with zero attached hydrogens (tertiary/aromatic N) is 2. The summed E-state index contributed by atoms with van der Waals surface area (Å²) in [6, 6.07) is 18.2. The number of nitrogens with one attached hydrogen (secondary N) is 2. The molecule has 0 spiro atoms. The number of piperidine rings is 1. The van der Waals surface area contributed by atoms with Crippen LogP contribution in [0, 0.1) is 5.92 Å². The Hall–Kier alpha value is -2.68. The summed E-state index contributed by atoms with van der Waals surface area (Å²) in [5, 5.41) is 4.45. The first kappa shape index (κ1) is 22.1. The van der Waals surface area contributed by atoms with Gasteiger partial charge >= 0.3 is 10.2 Å². The Balaban J connectivity index is 1.27. The molecule has 1 atom stereocenters. The Labute approximate surface area is 195 Å². The first-order chi connectivity index (χ1) is 16.0. The normalized spacial score (nSPS) is 19.5. The van der Waals surface area contributed by atoms with Gasteiger partial charge in [-0.05, 0) is 73.1 Å². The predicted molar refractivity (Wildman–Crippen MR) is 132 cm³/mol. The molecule has 5 rings (SSSR count). The molecule has 7 nitrogen and oxygen atoms in total. The zero-order valence-electron chi connectivity index (χ0n) is 18.8. The van der Waals surface area contributed by atoms with E-state index in [1.807, 2.05) is 24.3 Å². The summed E-state index contributed by atoms with van der Waals surface area (Å²) in [5.74, 6) is 1.25. The standard InChI is InChI=1S/C25H30N4O3S/c1-32-17-18-12-14-29(15-13-18)33(30,31)28-21-8-10-23-20(16-21)7-11-25(26-23)27-24-9-6-19-4-2-3-5-22(19)24/h2-5,7-8,10-11,16,18,24,28H,6,9,12-15,17H2,1H3,(H,26,27)/t24-/m1/s1. The summed E-state index contributed by atoms with van der Waals surface area (Å²) in [5.41, 5.74) is 4.12. The number of rotatable bonds is 7. The Morgan fingerprint density at radius 1 is 1.06 bits per heavy atom. The second-order valence-corrected chi connectivity index (χ2v) is 10.6. The van der Waals surface area contributed by atoms with Gasteiger partial charge in [-0.25, -0.2) is 4.98 Å². The van der Waals surface area contributed by atoms with E-state index in [1.54, 1.807) is 13.2 Å². The third-order valence-corrected chi connectivity index (χ3v) is 8.25. The van der Waals surface area contributed by atoms with E-state index in [9.17, 15) is 8.42 Å². The minimum absolute atomic E-state index is 0.269. The van der Waals surface area contributed by atoms with Gasteiger partial charge in [-0.2, -0.15) is 12.7 Å². The lowest BCUT2D eigenvalue weighted by Gasteiger charge is -2.30. The Morgan fingerprint density at radius 2 is 1.88 bits per heavy atom. The van der Waals surface area contributed by atoms with E-state index < -0.39 is 10.2 Å². The monoisotopic (exact) mass is 466 g/mol. The van der Waals surface area contributed by atoms with Crippen molar-refractivity contribution in [3.8, 4) is 0 Å². The fourth-order valence-electron chi connectivity index (χ4n) is 4.92. The van der Waals surface area contributed by atoms with Crippen molar-refractivity contribution in [2.75, 3.05) is 36.8 Å². The molecule has 0 unspecified atom stereocenters. The van der Waals surface area contributed by atoms with Crippen LogP contribution in [0.4, 0.5) is 11.5 Å². The molecule has 2 aromatic carbocycles. The SMILES string of the molecule is COCC1CCN(S(=O)(=O)Nc2ccc3nc(N[C@@H]4CCc5ccccc54)ccc3c2)CC1. The molecule has 0 amide bonds. The van der Waals surface area contributed by atoms with Crippen molar-refractivity contribution in [2.45, 2.75) is 31.7 Å². The van der Waals surface area contributed by atoms with E-state index in [2.05, 4.69) is 34.3 Å². The third kappa shape index (κ3) is 4.83. The number of hydrogen-bond acceptors (Lipinski definition) is 5. The van der Waals surface area contributed by atoms with Gasteiger partial charge in [0.1, 0.15) is 5.82 Å². The van der Waals surface area contributed by atoms with E-state index in [0.29, 0.717) is 31.3 Å². The predicted octanol–water partition coefficient (Wildman–Crippen LogP) is 4.35. The topological polar surface area (TPSA) is 83.6 Å². The maximum absolute atomic E-state index is 12.9. The highest BCUT2D eigenvalue weighted by Crippen LogP contribution is 2.33. The molecule has 0 saturated carbocycles. The second kappa shape index (κ2) is 9.29. The molecule has 1 fully saturated rings. The van der Waals surface area contributed by atoms with Gasteiger partial charge in [-0.1, -0.05) is 24.3 Å². The van der Waals surface area contributed by atoms with Crippen molar-refractivity contribution in [3.63, 3.8) is 0 Å². The molecule has 33 heavy (non-hydrogen) atoms. The Morgan fingerprint density at radius 3 is 2.70 bits per heavy atom. The molecule has 1 aliphatic carbocycles. The van der Waals surface area contributed by atoms with Crippen LogP contribution in [-0.4, -0.2) is 44.5 Å². The number of aromatic nitrogens is 1. The number of pyridine rings is 1. The summed E-state index contributed by atoms with van der Waals surface area (Å²) < 4.78 is 35.2. The number of methoxy groups -OCH3 is 1. The summed E-state index contributed by atoms with van der Waals surface area (Å²) in [7, 11) is -1.90. The van der Waals surface area contributed by atoms with Crippen LogP contribution in [0.5, 0.6) is 0 Å². The molecule has 1 saturated heterocycles. The van der Waals surface area contributed by atoms with E-state index in [4.69, 9.17) is 9.72 Å². The molecule has 1 aliphatic heterocycles. The maximum Gasteiger partial charge on any atom is 0.301 e. The minimum atomic E-state index is -3.59. The molecule has 2 N–H and O–H groups in total. The minimum Gasteiger partial charge on any atom is -0.384 e. The first-order valence-corrected chi connectivity index (χ1v) is 13.0. The van der Waals surface area contributed by atoms with Crippen molar-refractivity contribution in [1.29, 1.82) is 0 Å². The fraction of sp³-hybridized carbons (Fsp3) is 0.400.